The van der Waals surface area contributed by atoms with Gasteiger partial charge in [-0.1, -0.05) is 12.1 Å². The second kappa shape index (κ2) is 10.3. The van der Waals surface area contributed by atoms with Crippen LogP contribution in [0.1, 0.15) is 30.9 Å². The number of benzene rings is 2. The van der Waals surface area contributed by atoms with Gasteiger partial charge in [0.25, 0.3) is 0 Å². The number of thiocarbonyl (C=S) groups is 1. The van der Waals surface area contributed by atoms with Crippen molar-refractivity contribution in [2.75, 3.05) is 30.8 Å². The highest BCUT2D eigenvalue weighted by Gasteiger charge is 2.23. The molecule has 0 radical (unpaired) electrons. The van der Waals surface area contributed by atoms with Crippen LogP contribution >= 0.6 is 12.2 Å². The number of anilines is 2. The van der Waals surface area contributed by atoms with Crippen molar-refractivity contribution in [3.8, 4) is 11.5 Å². The molecule has 1 aliphatic rings. The minimum absolute atomic E-state index is 0.0900. The zero-order chi connectivity index (χ0) is 23.4. The molecule has 1 fully saturated rings. The van der Waals surface area contributed by atoms with Gasteiger partial charge in [0.2, 0.25) is 0 Å². The van der Waals surface area contributed by atoms with E-state index in [1.807, 2.05) is 19.1 Å². The van der Waals surface area contributed by atoms with Gasteiger partial charge in [-0.15, -0.1) is 0 Å². The summed E-state index contributed by atoms with van der Waals surface area (Å²) in [6.07, 6.45) is 3.83. The zero-order valence-electron chi connectivity index (χ0n) is 19.6. The minimum atomic E-state index is 0.0900. The number of aryl methyl sites for hydroxylation is 2. The van der Waals surface area contributed by atoms with Crippen molar-refractivity contribution < 1.29 is 9.47 Å². The summed E-state index contributed by atoms with van der Waals surface area (Å²) in [5, 5.41) is 11.1. The topological polar surface area (TPSA) is 80.3 Å². The maximum atomic E-state index is 6.34. The van der Waals surface area contributed by atoms with Gasteiger partial charge in [0.05, 0.1) is 18.7 Å². The predicted octanol–water partition coefficient (Wildman–Crippen LogP) is 4.83. The fourth-order valence-corrected chi connectivity index (χ4v) is 4.36. The Morgan fingerprint density at radius 1 is 1.09 bits per heavy atom. The van der Waals surface area contributed by atoms with Crippen LogP contribution in [0, 0.1) is 19.8 Å². The van der Waals surface area contributed by atoms with Crippen molar-refractivity contribution in [2.24, 2.45) is 5.92 Å². The lowest BCUT2D eigenvalue weighted by atomic mass is 9.93. The van der Waals surface area contributed by atoms with Crippen molar-refractivity contribution in [3.63, 3.8) is 0 Å². The molecular weight excluding hydrogens is 434 g/mol. The summed E-state index contributed by atoms with van der Waals surface area (Å²) in [4.78, 5) is 8.87. The predicted molar refractivity (Wildman–Crippen MR) is 138 cm³/mol. The van der Waals surface area contributed by atoms with Gasteiger partial charge in [-0.05, 0) is 88.1 Å². The number of methoxy groups -OCH3 is 1. The number of piperidine rings is 1. The summed E-state index contributed by atoms with van der Waals surface area (Å²) in [7, 11) is 1.65. The molecule has 2 aromatic carbocycles. The van der Waals surface area contributed by atoms with Crippen molar-refractivity contribution in [2.45, 2.75) is 39.7 Å². The number of hydrogen-bond donors (Lipinski definition) is 3. The molecule has 8 heteroatoms. The molecule has 0 amide bonds. The lowest BCUT2D eigenvalue weighted by Crippen LogP contribution is -2.35. The maximum absolute atomic E-state index is 6.34. The molecule has 0 saturated carbocycles. The Kier molecular flexibility index (Phi) is 7.25. The van der Waals surface area contributed by atoms with Gasteiger partial charge in [-0.2, -0.15) is 0 Å². The van der Waals surface area contributed by atoms with E-state index in [4.69, 9.17) is 21.7 Å². The van der Waals surface area contributed by atoms with Crippen molar-refractivity contribution in [3.05, 3.63) is 47.8 Å². The average Bonchev–Trinajstić information content (AvgIpc) is 2.81. The first kappa shape index (κ1) is 23.2. The highest BCUT2D eigenvalue weighted by atomic mass is 32.1. The highest BCUT2D eigenvalue weighted by molar-refractivity contribution is 7.80. The van der Waals surface area contributed by atoms with Crippen LogP contribution in [0.25, 0.3) is 10.9 Å². The number of fused-ring (bicyclic) bond motifs is 1. The van der Waals surface area contributed by atoms with Gasteiger partial charge >= 0.3 is 0 Å². The number of aromatic nitrogens is 2. The fourth-order valence-electron chi connectivity index (χ4n) is 4.16. The quantitative estimate of drug-likeness (QED) is 0.447. The van der Waals surface area contributed by atoms with E-state index >= 15 is 0 Å². The van der Waals surface area contributed by atoms with Crippen LogP contribution in [0.5, 0.6) is 11.5 Å². The van der Waals surface area contributed by atoms with Crippen molar-refractivity contribution in [1.29, 1.82) is 0 Å². The Morgan fingerprint density at radius 2 is 1.88 bits per heavy atom. The van der Waals surface area contributed by atoms with Gasteiger partial charge in [0.15, 0.2) is 16.6 Å². The number of nitrogens with zero attached hydrogens (tertiary/aromatic N) is 2. The van der Waals surface area contributed by atoms with Gasteiger partial charge in [0, 0.05) is 17.1 Å². The molecule has 2 heterocycles. The first-order valence-electron chi connectivity index (χ1n) is 11.3. The van der Waals surface area contributed by atoms with Crippen molar-refractivity contribution >= 4 is 39.7 Å². The molecule has 174 valence electrons. The second-order valence-corrected chi connectivity index (χ2v) is 8.96. The Labute approximate surface area is 200 Å². The highest BCUT2D eigenvalue weighted by Crippen LogP contribution is 2.36. The third-order valence-corrected chi connectivity index (χ3v) is 6.36. The standard InChI is InChI=1S/C25H31N5O2S/c1-15-5-6-16(2)20(11-15)29-25(33)30-24-19-12-22(31-4)23(13-21(19)27-14-28-24)32-17(3)18-7-9-26-10-8-18/h5-6,11-14,17-18,26H,7-10H2,1-4H3,(H2,27,28,29,30,33). The molecule has 1 atom stereocenters. The van der Waals surface area contributed by atoms with E-state index in [0.717, 1.165) is 53.6 Å². The van der Waals surface area contributed by atoms with Gasteiger partial charge in [-0.25, -0.2) is 9.97 Å². The van der Waals surface area contributed by atoms with Crippen LogP contribution in [0.3, 0.4) is 0 Å². The molecule has 1 aromatic heterocycles. The molecule has 4 rings (SSSR count). The number of nitrogens with one attached hydrogen (secondary N) is 3. The molecule has 0 aliphatic carbocycles. The smallest absolute Gasteiger partial charge is 0.176 e. The second-order valence-electron chi connectivity index (χ2n) is 8.55. The molecule has 1 saturated heterocycles. The van der Waals surface area contributed by atoms with Gasteiger partial charge in [0.1, 0.15) is 12.1 Å². The van der Waals surface area contributed by atoms with Gasteiger partial charge < -0.3 is 25.4 Å². The molecular formula is C25H31N5O2S. The number of ether oxygens (including phenoxy) is 2. The van der Waals surface area contributed by atoms with E-state index < -0.39 is 0 Å². The lowest BCUT2D eigenvalue weighted by molar-refractivity contribution is 0.124. The maximum Gasteiger partial charge on any atom is 0.176 e. The Hall–Kier alpha value is -2.97. The zero-order valence-corrected chi connectivity index (χ0v) is 20.4. The largest absolute Gasteiger partial charge is 0.493 e. The minimum Gasteiger partial charge on any atom is -0.493 e. The first-order valence-corrected chi connectivity index (χ1v) is 11.7. The Bertz CT molecular complexity index is 1150. The van der Waals surface area contributed by atoms with Crippen LogP contribution in [0.2, 0.25) is 0 Å². The van der Waals surface area contributed by atoms with E-state index in [-0.39, 0.29) is 6.10 Å². The summed E-state index contributed by atoms with van der Waals surface area (Å²) < 4.78 is 12.0. The average molecular weight is 466 g/mol. The molecule has 0 bridgehead atoms. The van der Waals surface area contributed by atoms with Crippen LogP contribution in [-0.2, 0) is 0 Å². The monoisotopic (exact) mass is 465 g/mol. The summed E-state index contributed by atoms with van der Waals surface area (Å²) >= 11 is 5.56. The van der Waals surface area contributed by atoms with Crippen LogP contribution in [0.4, 0.5) is 11.5 Å². The molecule has 7 nitrogen and oxygen atoms in total. The van der Waals surface area contributed by atoms with Crippen LogP contribution < -0.4 is 25.4 Å². The van der Waals surface area contributed by atoms with Crippen LogP contribution in [-0.4, -0.2) is 41.4 Å². The fraction of sp³-hybridized carbons (Fsp3) is 0.400. The Balaban J connectivity index is 1.56. The van der Waals surface area contributed by atoms with E-state index in [0.29, 0.717) is 28.3 Å². The molecule has 33 heavy (non-hydrogen) atoms. The molecule has 1 unspecified atom stereocenters. The Morgan fingerprint density at radius 3 is 2.64 bits per heavy atom. The summed E-state index contributed by atoms with van der Waals surface area (Å²) in [6, 6.07) is 10.0. The SMILES string of the molecule is COc1cc2c(NC(=S)Nc3cc(C)ccc3C)ncnc2cc1OC(C)C1CCNCC1. The molecule has 0 spiro atoms. The first-order chi connectivity index (χ1) is 15.9. The number of rotatable bonds is 6. The van der Waals surface area contributed by atoms with E-state index in [2.05, 4.69) is 58.0 Å². The van der Waals surface area contributed by atoms with Crippen LogP contribution in [0.15, 0.2) is 36.7 Å². The summed E-state index contributed by atoms with van der Waals surface area (Å²) in [5.74, 6) is 2.47. The normalized spacial score (nSPS) is 15.2. The summed E-state index contributed by atoms with van der Waals surface area (Å²) in [6.45, 7) is 8.29. The molecule has 3 N–H and O–H groups in total. The molecule has 3 aromatic rings. The van der Waals surface area contributed by atoms with E-state index in [1.54, 1.807) is 7.11 Å². The summed E-state index contributed by atoms with van der Waals surface area (Å²) in [5.41, 5.74) is 4.00. The number of hydrogen-bond acceptors (Lipinski definition) is 6. The third-order valence-electron chi connectivity index (χ3n) is 6.15. The van der Waals surface area contributed by atoms with Gasteiger partial charge in [-0.3, -0.25) is 0 Å². The third kappa shape index (κ3) is 5.51. The van der Waals surface area contributed by atoms with E-state index in [9.17, 15) is 0 Å². The molecule has 1 aliphatic heterocycles. The lowest BCUT2D eigenvalue weighted by Gasteiger charge is -2.29. The van der Waals surface area contributed by atoms with E-state index in [1.165, 1.54) is 6.33 Å². The van der Waals surface area contributed by atoms with Crippen molar-refractivity contribution in [1.82, 2.24) is 15.3 Å².